The SMILES string of the molecule is COc1ncc2c(N3C[C@@H](C)N[C@@H](C)C3)ccc(C(=O)Nc3cccc4c3cnn4C)c2n1. The van der Waals surface area contributed by atoms with Gasteiger partial charge in [-0.3, -0.25) is 9.48 Å². The van der Waals surface area contributed by atoms with Gasteiger partial charge >= 0.3 is 6.01 Å². The number of fused-ring (bicyclic) bond motifs is 2. The fraction of sp³-hybridized carbons (Fsp3) is 0.333. The number of hydrogen-bond acceptors (Lipinski definition) is 7. The number of hydrogen-bond donors (Lipinski definition) is 2. The summed E-state index contributed by atoms with van der Waals surface area (Å²) in [5, 5.41) is 12.6. The highest BCUT2D eigenvalue weighted by molar-refractivity contribution is 6.15. The van der Waals surface area contributed by atoms with E-state index in [1.807, 2.05) is 37.4 Å². The van der Waals surface area contributed by atoms with Gasteiger partial charge in [0.25, 0.3) is 5.91 Å². The summed E-state index contributed by atoms with van der Waals surface area (Å²) in [6.07, 6.45) is 3.50. The molecule has 0 bridgehead atoms. The van der Waals surface area contributed by atoms with Gasteiger partial charge < -0.3 is 20.3 Å². The molecule has 1 aliphatic rings. The van der Waals surface area contributed by atoms with Crippen molar-refractivity contribution in [3.63, 3.8) is 0 Å². The fourth-order valence-electron chi connectivity index (χ4n) is 4.65. The largest absolute Gasteiger partial charge is 0.467 e. The molecule has 9 nitrogen and oxygen atoms in total. The van der Waals surface area contributed by atoms with Crippen LogP contribution in [0.4, 0.5) is 11.4 Å². The standard InChI is InChI=1S/C24H27N7O2/c1-14-12-31(13-15(2)27-14)21-9-8-16(22-18(21)10-25-24(29-22)33-4)23(32)28-19-6-5-7-20-17(19)11-26-30(20)3/h5-11,14-15,27H,12-13H2,1-4H3,(H,28,32)/t14-,15+. The highest BCUT2D eigenvalue weighted by atomic mass is 16.5. The van der Waals surface area contributed by atoms with E-state index in [-0.39, 0.29) is 11.9 Å². The molecule has 0 spiro atoms. The number of nitrogens with one attached hydrogen (secondary N) is 2. The lowest BCUT2D eigenvalue weighted by molar-refractivity contribution is 0.102. The number of aryl methyl sites for hydroxylation is 1. The van der Waals surface area contributed by atoms with Crippen molar-refractivity contribution in [1.82, 2.24) is 25.1 Å². The predicted octanol–water partition coefficient (Wildman–Crippen LogP) is 2.96. The van der Waals surface area contributed by atoms with Crippen molar-refractivity contribution < 1.29 is 9.53 Å². The third-order valence-corrected chi connectivity index (χ3v) is 6.07. The molecule has 170 valence electrons. The summed E-state index contributed by atoms with van der Waals surface area (Å²) in [5.74, 6) is -0.245. The average molecular weight is 446 g/mol. The first kappa shape index (κ1) is 21.1. The summed E-state index contributed by atoms with van der Waals surface area (Å²) < 4.78 is 7.05. The van der Waals surface area contributed by atoms with Crippen molar-refractivity contribution in [2.75, 3.05) is 30.4 Å². The van der Waals surface area contributed by atoms with E-state index in [0.29, 0.717) is 28.9 Å². The van der Waals surface area contributed by atoms with E-state index in [4.69, 9.17) is 4.74 Å². The van der Waals surface area contributed by atoms with E-state index in [9.17, 15) is 4.79 Å². The van der Waals surface area contributed by atoms with Crippen molar-refractivity contribution in [2.24, 2.45) is 7.05 Å². The van der Waals surface area contributed by atoms with Crippen LogP contribution in [0.3, 0.4) is 0 Å². The van der Waals surface area contributed by atoms with Crippen LogP contribution >= 0.6 is 0 Å². The fourth-order valence-corrected chi connectivity index (χ4v) is 4.65. The Hall–Kier alpha value is -3.72. The molecule has 3 heterocycles. The first-order valence-electron chi connectivity index (χ1n) is 11.0. The van der Waals surface area contributed by atoms with Crippen LogP contribution in [-0.4, -0.2) is 57.9 Å². The lowest BCUT2D eigenvalue weighted by Gasteiger charge is -2.38. The molecule has 1 aliphatic heterocycles. The Morgan fingerprint density at radius 2 is 1.91 bits per heavy atom. The van der Waals surface area contributed by atoms with Crippen molar-refractivity contribution in [2.45, 2.75) is 25.9 Å². The minimum absolute atomic E-state index is 0.227. The van der Waals surface area contributed by atoms with Gasteiger partial charge in [-0.2, -0.15) is 10.1 Å². The number of methoxy groups -OCH3 is 1. The molecule has 2 N–H and O–H groups in total. The van der Waals surface area contributed by atoms with Gasteiger partial charge in [-0.15, -0.1) is 0 Å². The predicted molar refractivity (Wildman–Crippen MR) is 129 cm³/mol. The molecule has 0 unspecified atom stereocenters. The summed E-state index contributed by atoms with van der Waals surface area (Å²) in [6, 6.07) is 10.5. The topological polar surface area (TPSA) is 97.2 Å². The zero-order valence-electron chi connectivity index (χ0n) is 19.2. The molecule has 0 radical (unpaired) electrons. The second-order valence-corrected chi connectivity index (χ2v) is 8.59. The van der Waals surface area contributed by atoms with E-state index in [1.54, 1.807) is 17.1 Å². The van der Waals surface area contributed by atoms with Crippen LogP contribution in [0.1, 0.15) is 24.2 Å². The van der Waals surface area contributed by atoms with Crippen LogP contribution in [0, 0.1) is 0 Å². The van der Waals surface area contributed by atoms with E-state index >= 15 is 0 Å². The summed E-state index contributed by atoms with van der Waals surface area (Å²) >= 11 is 0. The number of nitrogens with zero attached hydrogens (tertiary/aromatic N) is 5. The number of benzene rings is 2. The number of piperazine rings is 1. The number of aromatic nitrogens is 4. The quantitative estimate of drug-likeness (QED) is 0.498. The van der Waals surface area contributed by atoms with Crippen molar-refractivity contribution >= 4 is 39.1 Å². The van der Waals surface area contributed by atoms with Crippen LogP contribution in [-0.2, 0) is 7.05 Å². The van der Waals surface area contributed by atoms with Crippen molar-refractivity contribution in [3.8, 4) is 6.01 Å². The van der Waals surface area contributed by atoms with Crippen molar-refractivity contribution in [3.05, 3.63) is 48.3 Å². The van der Waals surface area contributed by atoms with Gasteiger partial charge in [0.1, 0.15) is 0 Å². The van der Waals surface area contributed by atoms with Crippen molar-refractivity contribution in [1.29, 1.82) is 0 Å². The molecule has 0 saturated carbocycles. The monoisotopic (exact) mass is 445 g/mol. The molecule has 2 aromatic carbocycles. The van der Waals surface area contributed by atoms with Crippen LogP contribution in [0.15, 0.2) is 42.7 Å². The van der Waals surface area contributed by atoms with Gasteiger partial charge in [0.15, 0.2) is 0 Å². The van der Waals surface area contributed by atoms with Gasteiger partial charge in [-0.1, -0.05) is 6.07 Å². The number of anilines is 2. The Kier molecular flexibility index (Phi) is 5.33. The molecule has 5 rings (SSSR count). The molecule has 2 aromatic heterocycles. The van der Waals surface area contributed by atoms with Crippen LogP contribution in [0.25, 0.3) is 21.8 Å². The molecule has 0 aliphatic carbocycles. The van der Waals surface area contributed by atoms with E-state index in [1.165, 1.54) is 7.11 Å². The Bertz CT molecular complexity index is 1340. The maximum Gasteiger partial charge on any atom is 0.316 e. The second kappa shape index (κ2) is 8.32. The zero-order valence-corrected chi connectivity index (χ0v) is 19.2. The number of rotatable bonds is 4. The molecule has 33 heavy (non-hydrogen) atoms. The van der Waals surface area contributed by atoms with E-state index in [2.05, 4.69) is 44.4 Å². The first-order valence-corrected chi connectivity index (χ1v) is 11.0. The summed E-state index contributed by atoms with van der Waals surface area (Å²) in [6.45, 7) is 6.07. The third-order valence-electron chi connectivity index (χ3n) is 6.07. The summed E-state index contributed by atoms with van der Waals surface area (Å²) in [5.41, 5.74) is 3.69. The molecular weight excluding hydrogens is 418 g/mol. The lowest BCUT2D eigenvalue weighted by Crippen LogP contribution is -2.54. The van der Waals surface area contributed by atoms with Gasteiger partial charge in [-0.25, -0.2) is 4.98 Å². The molecule has 9 heteroatoms. The molecule has 1 fully saturated rings. The second-order valence-electron chi connectivity index (χ2n) is 8.59. The number of ether oxygens (including phenoxy) is 1. The third kappa shape index (κ3) is 3.84. The number of amides is 1. The highest BCUT2D eigenvalue weighted by Gasteiger charge is 2.25. The lowest BCUT2D eigenvalue weighted by atomic mass is 10.0. The number of carbonyl (C=O) groups excluding carboxylic acids is 1. The summed E-state index contributed by atoms with van der Waals surface area (Å²) in [7, 11) is 3.40. The molecule has 4 aromatic rings. The number of carbonyl (C=O) groups is 1. The Labute approximate surface area is 191 Å². The maximum atomic E-state index is 13.4. The zero-order chi connectivity index (χ0) is 23.1. The Morgan fingerprint density at radius 3 is 2.67 bits per heavy atom. The van der Waals surface area contributed by atoms with Gasteiger partial charge in [0, 0.05) is 54.9 Å². The van der Waals surface area contributed by atoms with Crippen LogP contribution in [0.2, 0.25) is 0 Å². The Balaban J connectivity index is 1.57. The molecular formula is C24H27N7O2. The average Bonchev–Trinajstić information content (AvgIpc) is 3.19. The minimum Gasteiger partial charge on any atom is -0.467 e. The van der Waals surface area contributed by atoms with Crippen LogP contribution in [0.5, 0.6) is 6.01 Å². The van der Waals surface area contributed by atoms with Gasteiger partial charge in [0.05, 0.1) is 35.6 Å². The molecule has 1 saturated heterocycles. The first-order chi connectivity index (χ1) is 15.9. The highest BCUT2D eigenvalue weighted by Crippen LogP contribution is 2.31. The van der Waals surface area contributed by atoms with E-state index in [0.717, 1.165) is 35.1 Å². The van der Waals surface area contributed by atoms with Gasteiger partial charge in [0.2, 0.25) is 0 Å². The Morgan fingerprint density at radius 1 is 1.12 bits per heavy atom. The normalized spacial score (nSPS) is 18.6. The minimum atomic E-state index is -0.245. The smallest absolute Gasteiger partial charge is 0.316 e. The molecule has 1 amide bonds. The van der Waals surface area contributed by atoms with Gasteiger partial charge in [-0.05, 0) is 38.1 Å². The van der Waals surface area contributed by atoms with Crippen LogP contribution < -0.4 is 20.3 Å². The van der Waals surface area contributed by atoms with E-state index < -0.39 is 0 Å². The summed E-state index contributed by atoms with van der Waals surface area (Å²) in [4.78, 5) is 24.6. The maximum absolute atomic E-state index is 13.4. The molecule has 2 atom stereocenters.